The molecule has 18 heavy (non-hydrogen) atoms. The molecule has 106 valence electrons. The van der Waals surface area contributed by atoms with Gasteiger partial charge in [-0.2, -0.15) is 0 Å². The number of alkyl carbamates (subject to hydrolysis) is 1. The summed E-state index contributed by atoms with van der Waals surface area (Å²) in [4.78, 5) is 23.3. The van der Waals surface area contributed by atoms with Gasteiger partial charge in [0.15, 0.2) is 0 Å². The van der Waals surface area contributed by atoms with Crippen molar-refractivity contribution in [3.8, 4) is 0 Å². The van der Waals surface area contributed by atoms with E-state index in [1.165, 1.54) is 0 Å². The second-order valence-electron chi connectivity index (χ2n) is 4.94. The number of halogens is 1. The number of carbonyl (C=O) groups is 2. The number of nitrogens with one attached hydrogen (secondary N) is 1. The van der Waals surface area contributed by atoms with Crippen LogP contribution in [0.1, 0.15) is 34.1 Å². The van der Waals surface area contributed by atoms with Crippen molar-refractivity contribution < 1.29 is 19.1 Å². The molecule has 0 spiro atoms. The highest BCUT2D eigenvalue weighted by molar-refractivity contribution is 6.18. The summed E-state index contributed by atoms with van der Waals surface area (Å²) in [7, 11) is 0. The van der Waals surface area contributed by atoms with Crippen LogP contribution in [0, 0.1) is 5.41 Å². The molecular formula is C12H22ClNO4. The molecule has 0 saturated heterocycles. The van der Waals surface area contributed by atoms with E-state index in [1.54, 1.807) is 0 Å². The van der Waals surface area contributed by atoms with Gasteiger partial charge in [-0.25, -0.2) is 9.59 Å². The van der Waals surface area contributed by atoms with Gasteiger partial charge in [-0.15, -0.1) is 11.6 Å². The maximum Gasteiger partial charge on any atom is 0.407 e. The van der Waals surface area contributed by atoms with Crippen molar-refractivity contribution >= 4 is 23.7 Å². The largest absolute Gasteiger partial charge is 0.464 e. The van der Waals surface area contributed by atoms with E-state index >= 15 is 0 Å². The van der Waals surface area contributed by atoms with Crippen molar-refractivity contribution in [2.45, 2.75) is 40.2 Å². The SMILES string of the molecule is CCCOC(=O)C(NC(=O)OCCCl)C(C)(C)C. The van der Waals surface area contributed by atoms with Gasteiger partial charge in [0.25, 0.3) is 0 Å². The van der Waals surface area contributed by atoms with Crippen molar-refractivity contribution in [3.05, 3.63) is 0 Å². The first-order valence-corrected chi connectivity index (χ1v) is 6.52. The van der Waals surface area contributed by atoms with E-state index < -0.39 is 23.5 Å². The topological polar surface area (TPSA) is 64.6 Å². The summed E-state index contributed by atoms with van der Waals surface area (Å²) in [5.74, 6) is -0.236. The summed E-state index contributed by atoms with van der Waals surface area (Å²) < 4.78 is 9.83. The molecule has 1 N–H and O–H groups in total. The molecule has 0 fully saturated rings. The Bertz CT molecular complexity index is 276. The molecule has 0 rings (SSSR count). The minimum atomic E-state index is -0.744. The molecule has 6 heteroatoms. The molecule has 0 aliphatic carbocycles. The molecule has 0 heterocycles. The molecule has 0 radical (unpaired) electrons. The number of amides is 1. The molecule has 0 aromatic rings. The number of esters is 1. The molecule has 0 aliphatic heterocycles. The quantitative estimate of drug-likeness (QED) is 0.599. The van der Waals surface area contributed by atoms with Crippen LogP contribution in [0.4, 0.5) is 4.79 Å². The third-order valence-electron chi connectivity index (χ3n) is 2.12. The van der Waals surface area contributed by atoms with Gasteiger partial charge in [-0.3, -0.25) is 0 Å². The second kappa shape index (κ2) is 8.19. The summed E-state index contributed by atoms with van der Waals surface area (Å²) >= 11 is 5.41. The number of ether oxygens (including phenoxy) is 2. The summed E-state index contributed by atoms with van der Waals surface area (Å²) in [5, 5.41) is 2.51. The van der Waals surface area contributed by atoms with Crippen LogP contribution in [0.25, 0.3) is 0 Å². The van der Waals surface area contributed by atoms with Crippen LogP contribution in [0.2, 0.25) is 0 Å². The van der Waals surface area contributed by atoms with E-state index in [1.807, 2.05) is 27.7 Å². The summed E-state index contributed by atoms with van der Waals surface area (Å²) in [6.45, 7) is 7.87. The average molecular weight is 280 g/mol. The van der Waals surface area contributed by atoms with Gasteiger partial charge in [0.05, 0.1) is 12.5 Å². The highest BCUT2D eigenvalue weighted by atomic mass is 35.5. The first-order chi connectivity index (χ1) is 8.32. The molecular weight excluding hydrogens is 258 g/mol. The average Bonchev–Trinajstić information content (AvgIpc) is 2.28. The normalized spacial score (nSPS) is 12.7. The van der Waals surface area contributed by atoms with E-state index in [-0.39, 0.29) is 12.5 Å². The van der Waals surface area contributed by atoms with E-state index in [4.69, 9.17) is 21.1 Å². The molecule has 0 saturated carbocycles. The Balaban J connectivity index is 4.50. The minimum Gasteiger partial charge on any atom is -0.464 e. The van der Waals surface area contributed by atoms with Crippen LogP contribution < -0.4 is 5.32 Å². The lowest BCUT2D eigenvalue weighted by Gasteiger charge is -2.29. The monoisotopic (exact) mass is 279 g/mol. The molecule has 1 unspecified atom stereocenters. The molecule has 0 bridgehead atoms. The van der Waals surface area contributed by atoms with E-state index in [0.717, 1.165) is 6.42 Å². The fraction of sp³-hybridized carbons (Fsp3) is 0.833. The van der Waals surface area contributed by atoms with Gasteiger partial charge < -0.3 is 14.8 Å². The zero-order valence-electron chi connectivity index (χ0n) is 11.4. The van der Waals surface area contributed by atoms with Gasteiger partial charge in [0.1, 0.15) is 12.6 Å². The van der Waals surface area contributed by atoms with Gasteiger partial charge in [-0.1, -0.05) is 27.7 Å². The van der Waals surface area contributed by atoms with Gasteiger partial charge in [0.2, 0.25) is 0 Å². The van der Waals surface area contributed by atoms with Crippen molar-refractivity contribution in [1.82, 2.24) is 5.32 Å². The van der Waals surface area contributed by atoms with Gasteiger partial charge in [-0.05, 0) is 11.8 Å². The van der Waals surface area contributed by atoms with Crippen molar-refractivity contribution in [2.24, 2.45) is 5.41 Å². The van der Waals surface area contributed by atoms with Crippen LogP contribution in [-0.2, 0) is 14.3 Å². The Labute approximate surface area is 113 Å². The lowest BCUT2D eigenvalue weighted by Crippen LogP contribution is -2.50. The maximum absolute atomic E-state index is 11.8. The molecule has 0 aliphatic rings. The highest BCUT2D eigenvalue weighted by Gasteiger charge is 2.34. The van der Waals surface area contributed by atoms with Crippen molar-refractivity contribution in [1.29, 1.82) is 0 Å². The zero-order valence-corrected chi connectivity index (χ0v) is 12.2. The Kier molecular flexibility index (Phi) is 7.75. The predicted molar refractivity (Wildman–Crippen MR) is 69.7 cm³/mol. The van der Waals surface area contributed by atoms with E-state index in [2.05, 4.69) is 5.32 Å². The smallest absolute Gasteiger partial charge is 0.407 e. The van der Waals surface area contributed by atoms with Crippen LogP contribution in [0.3, 0.4) is 0 Å². The fourth-order valence-electron chi connectivity index (χ4n) is 1.21. The van der Waals surface area contributed by atoms with Gasteiger partial charge >= 0.3 is 12.1 Å². The number of rotatable bonds is 6. The third kappa shape index (κ3) is 6.69. The first-order valence-electron chi connectivity index (χ1n) is 5.98. The summed E-state index contributed by atoms with van der Waals surface area (Å²) in [6.07, 6.45) is 0.0725. The second-order valence-corrected chi connectivity index (χ2v) is 5.31. The summed E-state index contributed by atoms with van der Waals surface area (Å²) in [5.41, 5.74) is -0.454. The first kappa shape index (κ1) is 17.0. The lowest BCUT2D eigenvalue weighted by molar-refractivity contribution is -0.148. The van der Waals surface area contributed by atoms with Crippen LogP contribution in [-0.4, -0.2) is 37.2 Å². The van der Waals surface area contributed by atoms with Crippen molar-refractivity contribution in [2.75, 3.05) is 19.1 Å². The number of alkyl halides is 1. The predicted octanol–water partition coefficient (Wildman–Crippen LogP) is 2.32. The zero-order chi connectivity index (χ0) is 14.2. The van der Waals surface area contributed by atoms with E-state index in [9.17, 15) is 9.59 Å². The molecule has 0 aromatic heterocycles. The Morgan fingerprint density at radius 1 is 1.22 bits per heavy atom. The Morgan fingerprint density at radius 2 is 1.83 bits per heavy atom. The standard InChI is InChI=1S/C12H22ClNO4/c1-5-7-17-10(15)9(12(2,3)4)14-11(16)18-8-6-13/h9H,5-8H2,1-4H3,(H,14,16). The third-order valence-corrected chi connectivity index (χ3v) is 2.28. The fourth-order valence-corrected chi connectivity index (χ4v) is 1.28. The lowest BCUT2D eigenvalue weighted by atomic mass is 9.87. The Morgan fingerprint density at radius 3 is 2.28 bits per heavy atom. The van der Waals surface area contributed by atoms with Crippen LogP contribution >= 0.6 is 11.6 Å². The number of hydrogen-bond acceptors (Lipinski definition) is 4. The summed E-state index contributed by atoms with van der Waals surface area (Å²) in [6, 6.07) is -0.744. The van der Waals surface area contributed by atoms with Gasteiger partial charge in [0, 0.05) is 0 Å². The molecule has 5 nitrogen and oxygen atoms in total. The maximum atomic E-state index is 11.8. The van der Waals surface area contributed by atoms with Crippen LogP contribution in [0.5, 0.6) is 0 Å². The molecule has 1 atom stereocenters. The number of carbonyl (C=O) groups excluding carboxylic acids is 2. The molecule has 0 aromatic carbocycles. The Hall–Kier alpha value is -0.970. The number of hydrogen-bond donors (Lipinski definition) is 1. The molecule has 1 amide bonds. The van der Waals surface area contributed by atoms with E-state index in [0.29, 0.717) is 6.61 Å². The highest BCUT2D eigenvalue weighted by Crippen LogP contribution is 2.20. The minimum absolute atomic E-state index is 0.105. The van der Waals surface area contributed by atoms with Crippen LogP contribution in [0.15, 0.2) is 0 Å². The van der Waals surface area contributed by atoms with Crippen molar-refractivity contribution in [3.63, 3.8) is 0 Å².